The number of alkyl halides is 3. The lowest BCUT2D eigenvalue weighted by Gasteiger charge is -2.39. The first-order valence-electron chi connectivity index (χ1n) is 6.57. The molecule has 1 fully saturated rings. The van der Waals surface area contributed by atoms with Crippen molar-refractivity contribution in [2.24, 2.45) is 0 Å². The van der Waals surface area contributed by atoms with Crippen molar-refractivity contribution in [3.8, 4) is 5.75 Å². The average Bonchev–Trinajstić information content (AvgIpc) is 2.34. The molecule has 0 atom stereocenters. The van der Waals surface area contributed by atoms with Gasteiger partial charge in [-0.15, -0.1) is 13.2 Å². The predicted molar refractivity (Wildman–Crippen MR) is 72.9 cm³/mol. The highest BCUT2D eigenvalue weighted by atomic mass is 19.4. The lowest BCUT2D eigenvalue weighted by Crippen LogP contribution is -2.50. The van der Waals surface area contributed by atoms with E-state index in [0.29, 0.717) is 5.56 Å². The predicted octanol–water partition coefficient (Wildman–Crippen LogP) is 3.90. The summed E-state index contributed by atoms with van der Waals surface area (Å²) in [5.41, 5.74) is 0.243. The standard InChI is InChI=1S/C15H16F3NO2/c1-3-10-7-11(9-12(8-10)21-15(16,17)18)13(20)19-14(2)5-4-6-14/h3,7-9H,1,4-6H2,2H3,(H,19,20). The number of rotatable bonds is 4. The Hall–Kier alpha value is -1.98. The van der Waals surface area contributed by atoms with Crippen LogP contribution >= 0.6 is 0 Å². The summed E-state index contributed by atoms with van der Waals surface area (Å²) in [6.45, 7) is 5.42. The third kappa shape index (κ3) is 4.00. The van der Waals surface area contributed by atoms with E-state index in [9.17, 15) is 18.0 Å². The van der Waals surface area contributed by atoms with Crippen LogP contribution in [0.15, 0.2) is 24.8 Å². The average molecular weight is 299 g/mol. The third-order valence-electron chi connectivity index (χ3n) is 3.53. The smallest absolute Gasteiger partial charge is 0.406 e. The van der Waals surface area contributed by atoms with E-state index in [-0.39, 0.29) is 11.1 Å². The second-order valence-electron chi connectivity index (χ2n) is 5.41. The molecule has 1 N–H and O–H groups in total. The molecule has 0 aliphatic heterocycles. The highest BCUT2D eigenvalue weighted by Crippen LogP contribution is 2.32. The van der Waals surface area contributed by atoms with E-state index < -0.39 is 18.0 Å². The number of amides is 1. The zero-order valence-corrected chi connectivity index (χ0v) is 11.6. The molecule has 21 heavy (non-hydrogen) atoms. The fraction of sp³-hybridized carbons (Fsp3) is 0.400. The van der Waals surface area contributed by atoms with Crippen molar-refractivity contribution >= 4 is 12.0 Å². The Labute approximate surface area is 120 Å². The van der Waals surface area contributed by atoms with Crippen molar-refractivity contribution in [3.63, 3.8) is 0 Å². The van der Waals surface area contributed by atoms with Gasteiger partial charge in [-0.1, -0.05) is 12.7 Å². The summed E-state index contributed by atoms with van der Waals surface area (Å²) in [6, 6.07) is 3.74. The first kappa shape index (κ1) is 15.4. The molecule has 114 valence electrons. The molecule has 1 aromatic rings. The van der Waals surface area contributed by atoms with Crippen LogP contribution in [-0.2, 0) is 0 Å². The molecule has 2 rings (SSSR count). The topological polar surface area (TPSA) is 38.3 Å². The quantitative estimate of drug-likeness (QED) is 0.915. The molecule has 1 aliphatic carbocycles. The first-order valence-corrected chi connectivity index (χ1v) is 6.57. The molecule has 1 aromatic carbocycles. The van der Waals surface area contributed by atoms with Crippen molar-refractivity contribution in [2.45, 2.75) is 38.1 Å². The number of carbonyl (C=O) groups excluding carboxylic acids is 1. The number of benzene rings is 1. The zero-order chi connectivity index (χ0) is 15.7. The van der Waals surface area contributed by atoms with Gasteiger partial charge >= 0.3 is 6.36 Å². The Morgan fingerprint density at radius 2 is 2.05 bits per heavy atom. The normalized spacial score (nSPS) is 16.8. The number of ether oxygens (including phenoxy) is 1. The molecule has 1 aliphatic rings. The summed E-state index contributed by atoms with van der Waals surface area (Å²) >= 11 is 0. The third-order valence-corrected chi connectivity index (χ3v) is 3.53. The Morgan fingerprint density at radius 1 is 1.38 bits per heavy atom. The van der Waals surface area contributed by atoms with Gasteiger partial charge in [-0.25, -0.2) is 0 Å². The van der Waals surface area contributed by atoms with Crippen LogP contribution in [0.4, 0.5) is 13.2 Å². The number of nitrogens with one attached hydrogen (secondary N) is 1. The molecule has 0 radical (unpaired) electrons. The van der Waals surface area contributed by atoms with Crippen molar-refractivity contribution < 1.29 is 22.7 Å². The summed E-state index contributed by atoms with van der Waals surface area (Å²) < 4.78 is 40.8. The van der Waals surface area contributed by atoms with Crippen LogP contribution in [0.2, 0.25) is 0 Å². The van der Waals surface area contributed by atoms with Gasteiger partial charge in [0.2, 0.25) is 0 Å². The van der Waals surface area contributed by atoms with Gasteiger partial charge in [0.15, 0.2) is 0 Å². The van der Waals surface area contributed by atoms with Crippen LogP contribution in [0.1, 0.15) is 42.1 Å². The van der Waals surface area contributed by atoms with E-state index in [1.54, 1.807) is 0 Å². The largest absolute Gasteiger partial charge is 0.573 e. The van der Waals surface area contributed by atoms with Crippen LogP contribution < -0.4 is 10.1 Å². The van der Waals surface area contributed by atoms with E-state index in [4.69, 9.17) is 0 Å². The van der Waals surface area contributed by atoms with E-state index >= 15 is 0 Å². The fourth-order valence-electron chi connectivity index (χ4n) is 2.24. The zero-order valence-electron chi connectivity index (χ0n) is 11.6. The van der Waals surface area contributed by atoms with Gasteiger partial charge in [0.25, 0.3) is 5.91 Å². The van der Waals surface area contributed by atoms with Gasteiger partial charge in [-0.2, -0.15) is 0 Å². The molecule has 6 heteroatoms. The van der Waals surface area contributed by atoms with Gasteiger partial charge in [0.1, 0.15) is 5.75 Å². The molecule has 1 amide bonds. The Kier molecular flexibility index (Phi) is 3.98. The van der Waals surface area contributed by atoms with Crippen LogP contribution in [0.25, 0.3) is 6.08 Å². The van der Waals surface area contributed by atoms with Crippen molar-refractivity contribution in [3.05, 3.63) is 35.9 Å². The van der Waals surface area contributed by atoms with Crippen molar-refractivity contribution in [1.29, 1.82) is 0 Å². The van der Waals surface area contributed by atoms with Gasteiger partial charge < -0.3 is 10.1 Å². The minimum absolute atomic E-state index is 0.125. The number of halogens is 3. The van der Waals surface area contributed by atoms with Crippen molar-refractivity contribution in [2.75, 3.05) is 0 Å². The molecule has 0 heterocycles. The second-order valence-corrected chi connectivity index (χ2v) is 5.41. The molecule has 3 nitrogen and oxygen atoms in total. The second kappa shape index (κ2) is 5.42. The summed E-state index contributed by atoms with van der Waals surface area (Å²) in [6.07, 6.45) is -0.665. The lowest BCUT2D eigenvalue weighted by atomic mass is 9.78. The molecule has 0 saturated heterocycles. The molecule has 0 unspecified atom stereocenters. The SMILES string of the molecule is C=Cc1cc(OC(F)(F)F)cc(C(=O)NC2(C)CCC2)c1. The maximum atomic E-state index is 12.3. The maximum Gasteiger partial charge on any atom is 0.573 e. The number of carbonyl (C=O) groups is 1. The molecule has 0 aromatic heterocycles. The Balaban J connectivity index is 2.23. The fourth-order valence-corrected chi connectivity index (χ4v) is 2.24. The van der Waals surface area contributed by atoms with Crippen LogP contribution in [0.5, 0.6) is 5.75 Å². The summed E-state index contributed by atoms with van der Waals surface area (Å²) in [5.74, 6) is -0.836. The number of hydrogen-bond donors (Lipinski definition) is 1. The van der Waals surface area contributed by atoms with Crippen LogP contribution in [0.3, 0.4) is 0 Å². The highest BCUT2D eigenvalue weighted by molar-refractivity contribution is 5.95. The van der Waals surface area contributed by atoms with Crippen molar-refractivity contribution in [1.82, 2.24) is 5.32 Å². The van der Waals surface area contributed by atoms with E-state index in [2.05, 4.69) is 16.6 Å². The molecular weight excluding hydrogens is 283 g/mol. The molecule has 0 bridgehead atoms. The molecular formula is C15H16F3NO2. The van der Waals surface area contributed by atoms with Crippen LogP contribution in [0, 0.1) is 0 Å². The van der Waals surface area contributed by atoms with Crippen LogP contribution in [-0.4, -0.2) is 17.8 Å². The van der Waals surface area contributed by atoms with Gasteiger partial charge in [-0.05, 0) is 49.9 Å². The van der Waals surface area contributed by atoms with E-state index in [1.807, 2.05) is 6.92 Å². The Morgan fingerprint density at radius 3 is 2.52 bits per heavy atom. The number of hydrogen-bond acceptors (Lipinski definition) is 2. The minimum Gasteiger partial charge on any atom is -0.406 e. The van der Waals surface area contributed by atoms with Gasteiger partial charge in [0, 0.05) is 11.1 Å². The Bertz CT molecular complexity index is 563. The van der Waals surface area contributed by atoms with Gasteiger partial charge in [0.05, 0.1) is 0 Å². The first-order chi connectivity index (χ1) is 9.71. The van der Waals surface area contributed by atoms with E-state index in [0.717, 1.165) is 25.3 Å². The van der Waals surface area contributed by atoms with Gasteiger partial charge in [-0.3, -0.25) is 4.79 Å². The highest BCUT2D eigenvalue weighted by Gasteiger charge is 2.34. The maximum absolute atomic E-state index is 12.3. The molecule has 0 spiro atoms. The minimum atomic E-state index is -4.80. The summed E-state index contributed by atoms with van der Waals surface area (Å²) in [5, 5.41) is 2.84. The lowest BCUT2D eigenvalue weighted by molar-refractivity contribution is -0.274. The monoisotopic (exact) mass is 299 g/mol. The summed E-state index contributed by atoms with van der Waals surface area (Å²) in [7, 11) is 0. The summed E-state index contributed by atoms with van der Waals surface area (Å²) in [4.78, 5) is 12.2. The molecule has 1 saturated carbocycles. The van der Waals surface area contributed by atoms with E-state index in [1.165, 1.54) is 18.2 Å².